The second kappa shape index (κ2) is 9.63. The van der Waals surface area contributed by atoms with E-state index in [4.69, 9.17) is 9.47 Å². The first kappa shape index (κ1) is 20.2. The van der Waals surface area contributed by atoms with Crippen molar-refractivity contribution in [2.24, 2.45) is 5.92 Å². The molecule has 0 amide bonds. The van der Waals surface area contributed by atoms with Gasteiger partial charge in [0.05, 0.1) is 6.61 Å². The minimum absolute atomic E-state index is 0.264. The normalized spacial score (nSPS) is 14.6. The summed E-state index contributed by atoms with van der Waals surface area (Å²) in [5, 5.41) is 9.78. The molecule has 0 atom stereocenters. The predicted molar refractivity (Wildman–Crippen MR) is 110 cm³/mol. The van der Waals surface area contributed by atoms with Gasteiger partial charge in [-0.05, 0) is 49.3 Å². The molecule has 28 heavy (non-hydrogen) atoms. The van der Waals surface area contributed by atoms with Crippen LogP contribution in [0.2, 0.25) is 0 Å². The molecule has 0 saturated heterocycles. The van der Waals surface area contributed by atoms with Crippen LogP contribution in [0.15, 0.2) is 36.4 Å². The van der Waals surface area contributed by atoms with Gasteiger partial charge in [0.25, 0.3) is 0 Å². The van der Waals surface area contributed by atoms with Crippen molar-refractivity contribution in [2.45, 2.75) is 59.0 Å². The van der Waals surface area contributed by atoms with Gasteiger partial charge in [0.15, 0.2) is 0 Å². The molecule has 0 spiro atoms. The van der Waals surface area contributed by atoms with E-state index in [1.807, 2.05) is 50.2 Å². The third kappa shape index (κ3) is 4.86. The molecule has 4 nitrogen and oxygen atoms in total. The molecule has 150 valence electrons. The van der Waals surface area contributed by atoms with Crippen molar-refractivity contribution in [1.82, 2.24) is 0 Å². The Bertz CT molecular complexity index is 792. The molecular formula is C24H30O4. The van der Waals surface area contributed by atoms with Crippen molar-refractivity contribution in [3.8, 4) is 11.5 Å². The maximum atomic E-state index is 11.9. The SMILES string of the molecule is CCc1c(OCc2ccccc2)cc(C)c(C(=O)O)c1OCC1CCCCC1. The Balaban J connectivity index is 1.87. The van der Waals surface area contributed by atoms with Gasteiger partial charge in [0.1, 0.15) is 23.7 Å². The molecule has 0 aliphatic heterocycles. The quantitative estimate of drug-likeness (QED) is 0.627. The molecule has 3 rings (SSSR count). The van der Waals surface area contributed by atoms with Gasteiger partial charge in [-0.3, -0.25) is 0 Å². The van der Waals surface area contributed by atoms with Crippen LogP contribution in [0, 0.1) is 12.8 Å². The molecule has 2 aromatic carbocycles. The summed E-state index contributed by atoms with van der Waals surface area (Å²) in [7, 11) is 0. The molecule has 1 aliphatic carbocycles. The Morgan fingerprint density at radius 2 is 1.82 bits per heavy atom. The average Bonchev–Trinajstić information content (AvgIpc) is 2.71. The predicted octanol–water partition coefficient (Wildman–Crippen LogP) is 5.79. The third-order valence-corrected chi connectivity index (χ3v) is 5.53. The molecule has 2 aromatic rings. The molecule has 0 bridgehead atoms. The van der Waals surface area contributed by atoms with Crippen LogP contribution in [0.3, 0.4) is 0 Å². The van der Waals surface area contributed by atoms with E-state index in [0.29, 0.717) is 42.6 Å². The van der Waals surface area contributed by atoms with Gasteiger partial charge < -0.3 is 14.6 Å². The number of benzene rings is 2. The minimum atomic E-state index is -0.944. The zero-order chi connectivity index (χ0) is 19.9. The molecule has 1 N–H and O–H groups in total. The number of carboxylic acids is 1. The second-order valence-electron chi connectivity index (χ2n) is 7.62. The Hall–Kier alpha value is -2.49. The third-order valence-electron chi connectivity index (χ3n) is 5.53. The summed E-state index contributed by atoms with van der Waals surface area (Å²) in [5.41, 5.74) is 2.86. The van der Waals surface area contributed by atoms with Crippen molar-refractivity contribution in [1.29, 1.82) is 0 Å². The summed E-state index contributed by atoms with van der Waals surface area (Å²) in [5.74, 6) is 0.769. The van der Waals surface area contributed by atoms with Crippen LogP contribution in [-0.2, 0) is 13.0 Å². The van der Waals surface area contributed by atoms with Crippen molar-refractivity contribution in [3.05, 3.63) is 58.7 Å². The van der Waals surface area contributed by atoms with E-state index >= 15 is 0 Å². The monoisotopic (exact) mass is 382 g/mol. The summed E-state index contributed by atoms with van der Waals surface area (Å²) >= 11 is 0. The van der Waals surface area contributed by atoms with E-state index in [1.165, 1.54) is 19.3 Å². The fourth-order valence-electron chi connectivity index (χ4n) is 3.98. The first-order chi connectivity index (χ1) is 13.6. The number of ether oxygens (including phenoxy) is 2. The number of hydrogen-bond donors (Lipinski definition) is 1. The zero-order valence-corrected chi connectivity index (χ0v) is 16.9. The molecule has 0 aromatic heterocycles. The summed E-state index contributed by atoms with van der Waals surface area (Å²) in [6, 6.07) is 11.8. The number of rotatable bonds is 8. The van der Waals surface area contributed by atoms with E-state index in [-0.39, 0.29) is 5.56 Å². The highest BCUT2D eigenvalue weighted by atomic mass is 16.5. The zero-order valence-electron chi connectivity index (χ0n) is 16.9. The smallest absolute Gasteiger partial charge is 0.339 e. The summed E-state index contributed by atoms with van der Waals surface area (Å²) in [6.45, 7) is 4.85. The Morgan fingerprint density at radius 1 is 1.11 bits per heavy atom. The molecule has 0 radical (unpaired) electrons. The highest BCUT2D eigenvalue weighted by Crippen LogP contribution is 2.37. The topological polar surface area (TPSA) is 55.8 Å². The van der Waals surface area contributed by atoms with E-state index in [0.717, 1.165) is 24.0 Å². The van der Waals surface area contributed by atoms with Gasteiger partial charge in [0.2, 0.25) is 0 Å². The number of carbonyl (C=O) groups is 1. The lowest BCUT2D eigenvalue weighted by atomic mass is 9.90. The molecule has 1 fully saturated rings. The fraction of sp³-hybridized carbons (Fsp3) is 0.458. The van der Waals surface area contributed by atoms with Gasteiger partial charge in [-0.15, -0.1) is 0 Å². The molecular weight excluding hydrogens is 352 g/mol. The number of aromatic carboxylic acids is 1. The van der Waals surface area contributed by atoms with Crippen LogP contribution in [0.1, 0.15) is 66.1 Å². The number of carboxylic acid groups (broad SMARTS) is 1. The van der Waals surface area contributed by atoms with Gasteiger partial charge in [-0.25, -0.2) is 4.79 Å². The van der Waals surface area contributed by atoms with E-state index in [1.54, 1.807) is 0 Å². The van der Waals surface area contributed by atoms with Gasteiger partial charge in [-0.1, -0.05) is 56.5 Å². The highest BCUT2D eigenvalue weighted by Gasteiger charge is 2.24. The number of aryl methyl sites for hydroxylation is 1. The minimum Gasteiger partial charge on any atom is -0.492 e. The Morgan fingerprint density at radius 3 is 2.46 bits per heavy atom. The molecule has 1 aliphatic rings. The lowest BCUT2D eigenvalue weighted by Gasteiger charge is -2.24. The summed E-state index contributed by atoms with van der Waals surface area (Å²) < 4.78 is 12.3. The van der Waals surface area contributed by atoms with E-state index in [2.05, 4.69) is 0 Å². The summed E-state index contributed by atoms with van der Waals surface area (Å²) in [6.07, 6.45) is 6.74. The van der Waals surface area contributed by atoms with Crippen LogP contribution >= 0.6 is 0 Å². The summed E-state index contributed by atoms with van der Waals surface area (Å²) in [4.78, 5) is 11.9. The van der Waals surface area contributed by atoms with Crippen molar-refractivity contribution < 1.29 is 19.4 Å². The van der Waals surface area contributed by atoms with Crippen LogP contribution < -0.4 is 9.47 Å². The van der Waals surface area contributed by atoms with Crippen LogP contribution in [0.4, 0.5) is 0 Å². The van der Waals surface area contributed by atoms with Crippen molar-refractivity contribution >= 4 is 5.97 Å². The van der Waals surface area contributed by atoms with Crippen LogP contribution in [0.5, 0.6) is 11.5 Å². The molecule has 1 saturated carbocycles. The number of hydrogen-bond acceptors (Lipinski definition) is 3. The highest BCUT2D eigenvalue weighted by molar-refractivity contribution is 5.93. The second-order valence-corrected chi connectivity index (χ2v) is 7.62. The lowest BCUT2D eigenvalue weighted by molar-refractivity contribution is 0.0689. The molecule has 0 unspecified atom stereocenters. The Kier molecular flexibility index (Phi) is 6.96. The average molecular weight is 383 g/mol. The van der Waals surface area contributed by atoms with Crippen LogP contribution in [-0.4, -0.2) is 17.7 Å². The first-order valence-corrected chi connectivity index (χ1v) is 10.3. The molecule has 4 heteroatoms. The molecule has 0 heterocycles. The first-order valence-electron chi connectivity index (χ1n) is 10.3. The Labute approximate surface area is 167 Å². The van der Waals surface area contributed by atoms with Crippen LogP contribution in [0.25, 0.3) is 0 Å². The maximum Gasteiger partial charge on any atom is 0.339 e. The van der Waals surface area contributed by atoms with Gasteiger partial charge in [0, 0.05) is 5.56 Å². The van der Waals surface area contributed by atoms with Crippen molar-refractivity contribution in [3.63, 3.8) is 0 Å². The van der Waals surface area contributed by atoms with Gasteiger partial charge >= 0.3 is 5.97 Å². The van der Waals surface area contributed by atoms with Gasteiger partial charge in [-0.2, -0.15) is 0 Å². The standard InChI is InChI=1S/C24H30O4/c1-3-20-21(27-15-18-10-6-4-7-11-18)14-17(2)22(24(25)26)23(20)28-16-19-12-8-5-9-13-19/h4,6-7,10-11,14,19H,3,5,8-9,12-13,15-16H2,1-2H3,(H,25,26). The van der Waals surface area contributed by atoms with E-state index in [9.17, 15) is 9.90 Å². The largest absolute Gasteiger partial charge is 0.492 e. The fourth-order valence-corrected chi connectivity index (χ4v) is 3.98. The lowest BCUT2D eigenvalue weighted by Crippen LogP contribution is -2.18. The maximum absolute atomic E-state index is 11.9. The van der Waals surface area contributed by atoms with Crippen molar-refractivity contribution in [2.75, 3.05) is 6.61 Å². The van der Waals surface area contributed by atoms with E-state index < -0.39 is 5.97 Å².